The molecular weight excluding hydrogens is 274 g/mol. The first-order chi connectivity index (χ1) is 9.60. The summed E-state index contributed by atoms with van der Waals surface area (Å²) in [5.41, 5.74) is 9.93. The van der Waals surface area contributed by atoms with Crippen LogP contribution in [0.1, 0.15) is 18.2 Å². The van der Waals surface area contributed by atoms with Crippen molar-refractivity contribution in [2.45, 2.75) is 19.9 Å². The molecule has 6 heteroatoms. The summed E-state index contributed by atoms with van der Waals surface area (Å²) in [5.74, 6) is 0.471. The van der Waals surface area contributed by atoms with Crippen LogP contribution in [0.2, 0.25) is 5.02 Å². The number of nitrogens with two attached hydrogens (primary N) is 1. The molecule has 20 heavy (non-hydrogen) atoms. The quantitative estimate of drug-likeness (QED) is 0.806. The molecule has 2 aromatic heterocycles. The molecule has 0 bridgehead atoms. The van der Waals surface area contributed by atoms with Gasteiger partial charge in [-0.3, -0.25) is 4.68 Å². The highest BCUT2D eigenvalue weighted by atomic mass is 35.5. The van der Waals surface area contributed by atoms with E-state index in [1.807, 2.05) is 40.7 Å². The summed E-state index contributed by atoms with van der Waals surface area (Å²) >= 11 is 6.28. The molecule has 0 aliphatic carbocycles. The smallest absolute Gasteiger partial charge is 0.201 e. The highest BCUT2D eigenvalue weighted by Gasteiger charge is 2.14. The zero-order chi connectivity index (χ0) is 14.3. The predicted octanol–water partition coefficient (Wildman–Crippen LogP) is 2.62. The van der Waals surface area contributed by atoms with Gasteiger partial charge in [0.15, 0.2) is 0 Å². The van der Waals surface area contributed by atoms with Crippen molar-refractivity contribution in [3.8, 4) is 0 Å². The molecule has 2 N–H and O–H groups in total. The number of para-hydroxylation sites is 1. The van der Waals surface area contributed by atoms with Crippen molar-refractivity contribution in [2.75, 3.05) is 5.73 Å². The normalized spacial score (nSPS) is 11.3. The van der Waals surface area contributed by atoms with Gasteiger partial charge in [-0.05, 0) is 18.6 Å². The van der Waals surface area contributed by atoms with E-state index in [4.69, 9.17) is 17.3 Å². The molecule has 0 fully saturated rings. The Morgan fingerprint density at radius 1 is 1.35 bits per heavy atom. The number of nitrogen functional groups attached to an aromatic ring is 1. The largest absolute Gasteiger partial charge is 0.369 e. The third-order valence-electron chi connectivity index (χ3n) is 3.40. The summed E-state index contributed by atoms with van der Waals surface area (Å²) in [6, 6.07) is 5.65. The van der Waals surface area contributed by atoms with Crippen molar-refractivity contribution in [3.05, 3.63) is 40.7 Å². The first-order valence-corrected chi connectivity index (χ1v) is 6.89. The molecule has 2 heterocycles. The molecule has 0 aliphatic rings. The van der Waals surface area contributed by atoms with Crippen molar-refractivity contribution in [1.29, 1.82) is 0 Å². The van der Waals surface area contributed by atoms with E-state index in [1.165, 1.54) is 0 Å². The number of hydrogen-bond acceptors (Lipinski definition) is 3. The summed E-state index contributed by atoms with van der Waals surface area (Å²) in [7, 11) is 1.92. The van der Waals surface area contributed by atoms with Crippen LogP contribution in [-0.2, 0) is 20.0 Å². The van der Waals surface area contributed by atoms with E-state index in [1.54, 1.807) is 0 Å². The van der Waals surface area contributed by atoms with E-state index in [0.717, 1.165) is 28.7 Å². The fourth-order valence-electron chi connectivity index (χ4n) is 2.50. The standard InChI is InChI=1S/C14H16ClN5/c1-3-11-9(7-19(2)18-11)8-20-13-10(15)5-4-6-12(13)17-14(20)16/h4-7H,3,8H2,1-2H3,(H2,16,17). The lowest BCUT2D eigenvalue weighted by Gasteiger charge is -2.07. The lowest BCUT2D eigenvalue weighted by atomic mass is 10.2. The van der Waals surface area contributed by atoms with Crippen LogP contribution < -0.4 is 5.73 Å². The first-order valence-electron chi connectivity index (χ1n) is 6.51. The van der Waals surface area contributed by atoms with E-state index in [9.17, 15) is 0 Å². The topological polar surface area (TPSA) is 61.7 Å². The van der Waals surface area contributed by atoms with Gasteiger partial charge in [-0.25, -0.2) is 4.98 Å². The van der Waals surface area contributed by atoms with E-state index in [2.05, 4.69) is 17.0 Å². The average molecular weight is 290 g/mol. The van der Waals surface area contributed by atoms with Gasteiger partial charge in [0.05, 0.1) is 28.3 Å². The van der Waals surface area contributed by atoms with Crippen LogP contribution in [0.15, 0.2) is 24.4 Å². The number of hydrogen-bond donors (Lipinski definition) is 1. The highest BCUT2D eigenvalue weighted by Crippen LogP contribution is 2.26. The van der Waals surface area contributed by atoms with Gasteiger partial charge in [-0.1, -0.05) is 24.6 Å². The lowest BCUT2D eigenvalue weighted by molar-refractivity contribution is 0.746. The van der Waals surface area contributed by atoms with Crippen LogP contribution in [0.3, 0.4) is 0 Å². The number of aromatic nitrogens is 4. The second-order valence-electron chi connectivity index (χ2n) is 4.79. The SMILES string of the molecule is CCc1nn(C)cc1Cn1c(N)nc2cccc(Cl)c21. The van der Waals surface area contributed by atoms with Gasteiger partial charge in [0.2, 0.25) is 5.95 Å². The van der Waals surface area contributed by atoms with Gasteiger partial charge in [0.1, 0.15) is 0 Å². The fraction of sp³-hybridized carbons (Fsp3) is 0.286. The van der Waals surface area contributed by atoms with Crippen LogP contribution in [0.4, 0.5) is 5.95 Å². The maximum Gasteiger partial charge on any atom is 0.201 e. The minimum atomic E-state index is 0.471. The molecule has 0 unspecified atom stereocenters. The van der Waals surface area contributed by atoms with Gasteiger partial charge < -0.3 is 10.3 Å². The number of halogens is 1. The maximum atomic E-state index is 6.28. The number of nitrogens with zero attached hydrogens (tertiary/aromatic N) is 4. The summed E-state index contributed by atoms with van der Waals surface area (Å²) in [6.45, 7) is 2.72. The van der Waals surface area contributed by atoms with Crippen molar-refractivity contribution >= 4 is 28.6 Å². The molecule has 0 saturated carbocycles. The van der Waals surface area contributed by atoms with Crippen molar-refractivity contribution in [2.24, 2.45) is 7.05 Å². The Morgan fingerprint density at radius 3 is 2.90 bits per heavy atom. The van der Waals surface area contributed by atoms with Crippen molar-refractivity contribution < 1.29 is 0 Å². The van der Waals surface area contributed by atoms with Gasteiger partial charge in [-0.2, -0.15) is 5.10 Å². The first kappa shape index (κ1) is 13.0. The minimum Gasteiger partial charge on any atom is -0.369 e. The van der Waals surface area contributed by atoms with Crippen LogP contribution in [0.25, 0.3) is 11.0 Å². The molecule has 0 amide bonds. The Labute approximate surface area is 122 Å². The molecule has 3 rings (SSSR count). The summed E-state index contributed by atoms with van der Waals surface area (Å²) in [4.78, 5) is 4.36. The zero-order valence-electron chi connectivity index (χ0n) is 11.5. The summed E-state index contributed by atoms with van der Waals surface area (Å²) in [5, 5.41) is 5.11. The second kappa shape index (κ2) is 4.83. The second-order valence-corrected chi connectivity index (χ2v) is 5.20. The lowest BCUT2D eigenvalue weighted by Crippen LogP contribution is -2.05. The number of anilines is 1. The Hall–Kier alpha value is -2.01. The summed E-state index contributed by atoms with van der Waals surface area (Å²) < 4.78 is 3.76. The van der Waals surface area contributed by atoms with Gasteiger partial charge in [0.25, 0.3) is 0 Å². The summed E-state index contributed by atoms with van der Waals surface area (Å²) in [6.07, 6.45) is 2.90. The van der Waals surface area contributed by atoms with E-state index < -0.39 is 0 Å². The molecule has 0 aliphatic heterocycles. The molecule has 1 aromatic carbocycles. The van der Waals surface area contributed by atoms with Crippen molar-refractivity contribution in [3.63, 3.8) is 0 Å². The molecule has 0 saturated heterocycles. The maximum absolute atomic E-state index is 6.28. The minimum absolute atomic E-state index is 0.471. The monoisotopic (exact) mass is 289 g/mol. The van der Waals surface area contributed by atoms with Gasteiger partial charge >= 0.3 is 0 Å². The Balaban J connectivity index is 2.13. The van der Waals surface area contributed by atoms with Gasteiger partial charge in [0, 0.05) is 18.8 Å². The van der Waals surface area contributed by atoms with Crippen LogP contribution in [0.5, 0.6) is 0 Å². The average Bonchev–Trinajstić information content (AvgIpc) is 2.92. The van der Waals surface area contributed by atoms with Crippen molar-refractivity contribution in [1.82, 2.24) is 19.3 Å². The molecule has 0 spiro atoms. The van der Waals surface area contributed by atoms with Crippen LogP contribution in [-0.4, -0.2) is 19.3 Å². The Morgan fingerprint density at radius 2 is 2.15 bits per heavy atom. The molecule has 0 radical (unpaired) electrons. The third-order valence-corrected chi connectivity index (χ3v) is 3.71. The van der Waals surface area contributed by atoms with Crippen LogP contribution in [0, 0.1) is 0 Å². The molecule has 3 aromatic rings. The third kappa shape index (κ3) is 2.04. The number of aryl methyl sites for hydroxylation is 2. The number of imidazole rings is 1. The number of benzene rings is 1. The zero-order valence-corrected chi connectivity index (χ0v) is 12.2. The van der Waals surface area contributed by atoms with E-state index in [-0.39, 0.29) is 0 Å². The van der Waals surface area contributed by atoms with E-state index >= 15 is 0 Å². The molecular formula is C14H16ClN5. The molecule has 0 atom stereocenters. The molecule has 5 nitrogen and oxygen atoms in total. The Kier molecular flexibility index (Phi) is 3.14. The predicted molar refractivity (Wildman–Crippen MR) is 80.8 cm³/mol. The van der Waals surface area contributed by atoms with Gasteiger partial charge in [-0.15, -0.1) is 0 Å². The molecule has 104 valence electrons. The van der Waals surface area contributed by atoms with E-state index in [0.29, 0.717) is 17.5 Å². The number of fused-ring (bicyclic) bond motifs is 1. The number of rotatable bonds is 3. The highest BCUT2D eigenvalue weighted by molar-refractivity contribution is 6.35. The Bertz CT molecular complexity index is 771. The fourth-order valence-corrected chi connectivity index (χ4v) is 2.78. The van der Waals surface area contributed by atoms with Crippen LogP contribution >= 0.6 is 11.6 Å².